The molecule has 0 saturated carbocycles. The molecular formula is C10H13BrFN3O. The number of nitrogens with zero attached hydrogens (tertiary/aromatic N) is 1. The molecule has 0 aliphatic heterocycles. The van der Waals surface area contributed by atoms with Crippen molar-refractivity contribution in [3.05, 3.63) is 22.6 Å². The second-order valence-corrected chi connectivity index (χ2v) is 4.48. The Morgan fingerprint density at radius 3 is 2.88 bits per heavy atom. The maximum absolute atomic E-state index is 13.3. The summed E-state index contributed by atoms with van der Waals surface area (Å²) in [4.78, 5) is 15.1. The minimum Gasteiger partial charge on any atom is -0.359 e. The number of hydrogen-bond acceptors (Lipinski definition) is 3. The predicted octanol–water partition coefficient (Wildman–Crippen LogP) is 1.92. The van der Waals surface area contributed by atoms with Gasteiger partial charge in [0.25, 0.3) is 0 Å². The van der Waals surface area contributed by atoms with Gasteiger partial charge >= 0.3 is 0 Å². The molecular weight excluding hydrogens is 277 g/mol. The van der Waals surface area contributed by atoms with E-state index in [4.69, 9.17) is 0 Å². The van der Waals surface area contributed by atoms with Crippen LogP contribution >= 0.6 is 15.9 Å². The van der Waals surface area contributed by atoms with Crippen LogP contribution in [0.4, 0.5) is 10.2 Å². The van der Waals surface area contributed by atoms with E-state index in [-0.39, 0.29) is 24.3 Å². The monoisotopic (exact) mass is 289 g/mol. The number of nitrogens with one attached hydrogen (secondary N) is 2. The van der Waals surface area contributed by atoms with E-state index in [1.807, 2.05) is 13.8 Å². The Morgan fingerprint density at radius 2 is 2.31 bits per heavy atom. The molecule has 6 heteroatoms. The third-order valence-corrected chi connectivity index (χ3v) is 2.11. The van der Waals surface area contributed by atoms with Crippen LogP contribution in [0.25, 0.3) is 0 Å². The molecule has 0 spiro atoms. The van der Waals surface area contributed by atoms with Crippen LogP contribution in [0.3, 0.4) is 0 Å². The number of halogens is 2. The van der Waals surface area contributed by atoms with Gasteiger partial charge in [-0.2, -0.15) is 0 Å². The van der Waals surface area contributed by atoms with Gasteiger partial charge in [-0.3, -0.25) is 4.79 Å². The Bertz CT molecular complexity index is 384. The van der Waals surface area contributed by atoms with E-state index in [0.717, 1.165) is 0 Å². The number of anilines is 1. The smallest absolute Gasteiger partial charge is 0.239 e. The topological polar surface area (TPSA) is 54.0 Å². The van der Waals surface area contributed by atoms with Gasteiger partial charge in [0.15, 0.2) is 11.6 Å². The lowest BCUT2D eigenvalue weighted by Crippen LogP contribution is -2.35. The van der Waals surface area contributed by atoms with Crippen LogP contribution in [0, 0.1) is 5.82 Å². The molecule has 0 aromatic carbocycles. The normalized spacial score (nSPS) is 10.3. The molecule has 0 radical (unpaired) electrons. The summed E-state index contributed by atoms with van der Waals surface area (Å²) >= 11 is 3.10. The zero-order valence-corrected chi connectivity index (χ0v) is 10.6. The van der Waals surface area contributed by atoms with Crippen molar-refractivity contribution in [3.63, 3.8) is 0 Å². The molecule has 0 fully saturated rings. The van der Waals surface area contributed by atoms with Crippen LogP contribution < -0.4 is 10.6 Å². The molecule has 88 valence electrons. The highest BCUT2D eigenvalue weighted by atomic mass is 79.9. The first-order valence-corrected chi connectivity index (χ1v) is 5.62. The first-order valence-electron chi connectivity index (χ1n) is 4.83. The van der Waals surface area contributed by atoms with Gasteiger partial charge in [0, 0.05) is 16.7 Å². The lowest BCUT2D eigenvalue weighted by atomic mass is 10.4. The number of carbonyl (C=O) groups is 1. The summed E-state index contributed by atoms with van der Waals surface area (Å²) in [5.41, 5.74) is 0. The number of hydrogen-bond donors (Lipinski definition) is 2. The summed E-state index contributed by atoms with van der Waals surface area (Å²) in [7, 11) is 0. The molecule has 4 nitrogen and oxygen atoms in total. The van der Waals surface area contributed by atoms with E-state index in [1.54, 1.807) is 0 Å². The summed E-state index contributed by atoms with van der Waals surface area (Å²) in [6, 6.07) is 1.35. The summed E-state index contributed by atoms with van der Waals surface area (Å²) < 4.78 is 13.8. The highest BCUT2D eigenvalue weighted by molar-refractivity contribution is 9.10. The molecule has 2 N–H and O–H groups in total. The van der Waals surface area contributed by atoms with E-state index >= 15 is 0 Å². The summed E-state index contributed by atoms with van der Waals surface area (Å²) in [5.74, 6) is -0.618. The molecule has 16 heavy (non-hydrogen) atoms. The number of rotatable bonds is 4. The van der Waals surface area contributed by atoms with E-state index in [1.165, 1.54) is 12.3 Å². The third kappa shape index (κ3) is 4.14. The second-order valence-electron chi connectivity index (χ2n) is 3.56. The number of amides is 1. The van der Waals surface area contributed by atoms with Crippen LogP contribution in [0.5, 0.6) is 0 Å². The van der Waals surface area contributed by atoms with Crippen LogP contribution in [-0.4, -0.2) is 23.5 Å². The van der Waals surface area contributed by atoms with Crippen molar-refractivity contribution in [3.8, 4) is 0 Å². The van der Waals surface area contributed by atoms with Crippen LogP contribution in [0.1, 0.15) is 13.8 Å². The van der Waals surface area contributed by atoms with Gasteiger partial charge in [-0.1, -0.05) is 0 Å². The quantitative estimate of drug-likeness (QED) is 0.890. The number of aromatic nitrogens is 1. The Hall–Kier alpha value is -1.17. The molecule has 0 saturated heterocycles. The minimum atomic E-state index is -0.494. The van der Waals surface area contributed by atoms with Gasteiger partial charge in [0.2, 0.25) is 5.91 Å². The van der Waals surface area contributed by atoms with E-state index in [9.17, 15) is 9.18 Å². The molecule has 0 atom stereocenters. The van der Waals surface area contributed by atoms with Crippen LogP contribution in [0.15, 0.2) is 16.7 Å². The maximum Gasteiger partial charge on any atom is 0.239 e. The predicted molar refractivity (Wildman–Crippen MR) is 63.7 cm³/mol. The van der Waals surface area contributed by atoms with Gasteiger partial charge in [0.05, 0.1) is 6.54 Å². The Morgan fingerprint density at radius 1 is 1.62 bits per heavy atom. The molecule has 1 heterocycles. The fraction of sp³-hybridized carbons (Fsp3) is 0.400. The van der Waals surface area contributed by atoms with Crippen molar-refractivity contribution in [2.24, 2.45) is 0 Å². The van der Waals surface area contributed by atoms with Crippen molar-refractivity contribution in [1.29, 1.82) is 0 Å². The molecule has 0 aliphatic rings. The summed E-state index contributed by atoms with van der Waals surface area (Å²) in [5, 5.41) is 5.31. The molecule has 0 bridgehead atoms. The standard InChI is InChI=1S/C10H13BrFN3O/c1-6(2)15-9(16)5-14-10-8(12)3-7(11)4-13-10/h3-4,6H,5H2,1-2H3,(H,13,14)(H,15,16). The van der Waals surface area contributed by atoms with E-state index < -0.39 is 5.82 Å². The molecule has 1 rings (SSSR count). The lowest BCUT2D eigenvalue weighted by molar-refractivity contribution is -0.119. The number of pyridine rings is 1. The maximum atomic E-state index is 13.3. The fourth-order valence-corrected chi connectivity index (χ4v) is 1.39. The van der Waals surface area contributed by atoms with Gasteiger partial charge in [0.1, 0.15) is 0 Å². The van der Waals surface area contributed by atoms with E-state index in [0.29, 0.717) is 4.47 Å². The molecule has 0 aliphatic carbocycles. The second kappa shape index (κ2) is 5.79. The van der Waals surface area contributed by atoms with Crippen molar-refractivity contribution < 1.29 is 9.18 Å². The van der Waals surface area contributed by atoms with E-state index in [2.05, 4.69) is 31.5 Å². The summed E-state index contributed by atoms with van der Waals surface area (Å²) in [6.07, 6.45) is 1.46. The highest BCUT2D eigenvalue weighted by Crippen LogP contribution is 2.15. The minimum absolute atomic E-state index is 0.00370. The SMILES string of the molecule is CC(C)NC(=O)CNc1ncc(Br)cc1F. The average molecular weight is 290 g/mol. The van der Waals surface area contributed by atoms with Crippen LogP contribution in [0.2, 0.25) is 0 Å². The van der Waals surface area contributed by atoms with Crippen LogP contribution in [-0.2, 0) is 4.79 Å². The lowest BCUT2D eigenvalue weighted by Gasteiger charge is -2.09. The summed E-state index contributed by atoms with van der Waals surface area (Å²) in [6.45, 7) is 3.72. The van der Waals surface area contributed by atoms with Gasteiger partial charge in [-0.25, -0.2) is 9.37 Å². The fourth-order valence-electron chi connectivity index (χ4n) is 1.08. The van der Waals surface area contributed by atoms with Crippen molar-refractivity contribution in [1.82, 2.24) is 10.3 Å². The average Bonchev–Trinajstić information content (AvgIpc) is 2.15. The highest BCUT2D eigenvalue weighted by Gasteiger charge is 2.07. The number of carbonyl (C=O) groups excluding carboxylic acids is 1. The molecule has 1 aromatic heterocycles. The molecule has 0 unspecified atom stereocenters. The van der Waals surface area contributed by atoms with Crippen molar-refractivity contribution in [2.75, 3.05) is 11.9 Å². The zero-order valence-electron chi connectivity index (χ0n) is 9.05. The van der Waals surface area contributed by atoms with Crippen molar-refractivity contribution >= 4 is 27.7 Å². The zero-order chi connectivity index (χ0) is 12.1. The van der Waals surface area contributed by atoms with Crippen molar-refractivity contribution in [2.45, 2.75) is 19.9 Å². The largest absolute Gasteiger partial charge is 0.359 e. The first kappa shape index (κ1) is 12.9. The first-order chi connectivity index (χ1) is 7.49. The Labute approximate surface area is 102 Å². The van der Waals surface area contributed by atoms with Gasteiger partial charge in [-0.05, 0) is 35.8 Å². The Kier molecular flexibility index (Phi) is 4.67. The molecule has 1 aromatic rings. The van der Waals surface area contributed by atoms with Gasteiger partial charge < -0.3 is 10.6 Å². The molecule has 1 amide bonds. The van der Waals surface area contributed by atoms with Gasteiger partial charge in [-0.15, -0.1) is 0 Å². The Balaban J connectivity index is 2.51. The third-order valence-electron chi connectivity index (χ3n) is 1.67.